The summed E-state index contributed by atoms with van der Waals surface area (Å²) in [7, 11) is 0. The lowest BCUT2D eigenvalue weighted by Crippen LogP contribution is -2.36. The maximum atomic E-state index is 11.8. The zero-order valence-electron chi connectivity index (χ0n) is 12.0. The number of benzene rings is 2. The zero-order chi connectivity index (χ0) is 15.1. The third-order valence-electron chi connectivity index (χ3n) is 3.21. The van der Waals surface area contributed by atoms with Crippen molar-refractivity contribution in [3.63, 3.8) is 0 Å². The van der Waals surface area contributed by atoms with E-state index in [-0.39, 0.29) is 17.8 Å². The second-order valence-electron chi connectivity index (χ2n) is 5.07. The Balaban J connectivity index is 1.75. The molecule has 0 aliphatic carbocycles. The first-order valence-electron chi connectivity index (χ1n) is 7.04. The summed E-state index contributed by atoms with van der Waals surface area (Å²) < 4.78 is 0. The third kappa shape index (κ3) is 5.18. The van der Waals surface area contributed by atoms with E-state index in [0.717, 1.165) is 24.1 Å². The Morgan fingerprint density at radius 3 is 2.43 bits per heavy atom. The van der Waals surface area contributed by atoms with E-state index >= 15 is 0 Å². The molecule has 0 aliphatic heterocycles. The Bertz CT molecular complexity index is 567. The molecule has 0 bridgehead atoms. The van der Waals surface area contributed by atoms with Crippen molar-refractivity contribution >= 4 is 11.7 Å². The molecule has 3 N–H and O–H groups in total. The molecule has 0 unspecified atom stereocenters. The molecule has 0 saturated carbocycles. The second-order valence-corrected chi connectivity index (χ2v) is 5.07. The minimum atomic E-state index is -0.195. The minimum Gasteiger partial charge on any atom is -0.508 e. The standard InChI is InChI=1S/C17H20N2O2/c1-13(7-8-14-9-11-16(20)12-10-14)18-17(21)19-15-5-3-2-4-6-15/h2-6,9-13,20H,7-8H2,1H3,(H2,18,19,21)/t13-/m0/s1. The van der Waals surface area contributed by atoms with Gasteiger partial charge < -0.3 is 15.7 Å². The van der Waals surface area contributed by atoms with E-state index < -0.39 is 0 Å². The predicted molar refractivity (Wildman–Crippen MR) is 84.5 cm³/mol. The van der Waals surface area contributed by atoms with Crippen LogP contribution in [0.1, 0.15) is 18.9 Å². The molecule has 0 saturated heterocycles. The smallest absolute Gasteiger partial charge is 0.319 e. The van der Waals surface area contributed by atoms with Crippen molar-refractivity contribution in [1.82, 2.24) is 5.32 Å². The van der Waals surface area contributed by atoms with Crippen molar-refractivity contribution < 1.29 is 9.90 Å². The van der Waals surface area contributed by atoms with Gasteiger partial charge in [-0.25, -0.2) is 4.79 Å². The first-order valence-corrected chi connectivity index (χ1v) is 7.04. The van der Waals surface area contributed by atoms with Crippen LogP contribution in [-0.4, -0.2) is 17.2 Å². The summed E-state index contributed by atoms with van der Waals surface area (Å²) in [6, 6.07) is 16.4. The average molecular weight is 284 g/mol. The van der Waals surface area contributed by atoms with Crippen LogP contribution in [0.3, 0.4) is 0 Å². The van der Waals surface area contributed by atoms with E-state index in [1.54, 1.807) is 12.1 Å². The number of nitrogens with one attached hydrogen (secondary N) is 2. The molecular formula is C17H20N2O2. The van der Waals surface area contributed by atoms with Crippen LogP contribution >= 0.6 is 0 Å². The van der Waals surface area contributed by atoms with Crippen LogP contribution in [0.4, 0.5) is 10.5 Å². The van der Waals surface area contributed by atoms with Gasteiger partial charge in [0.1, 0.15) is 5.75 Å². The number of aromatic hydroxyl groups is 1. The van der Waals surface area contributed by atoms with Crippen molar-refractivity contribution in [3.05, 3.63) is 60.2 Å². The Labute approximate surface area is 124 Å². The monoisotopic (exact) mass is 284 g/mol. The van der Waals surface area contributed by atoms with Crippen LogP contribution in [0.2, 0.25) is 0 Å². The van der Waals surface area contributed by atoms with Crippen molar-refractivity contribution in [2.45, 2.75) is 25.8 Å². The van der Waals surface area contributed by atoms with Crippen LogP contribution in [-0.2, 0) is 6.42 Å². The highest BCUT2D eigenvalue weighted by atomic mass is 16.3. The third-order valence-corrected chi connectivity index (χ3v) is 3.21. The van der Waals surface area contributed by atoms with Gasteiger partial charge in [0.25, 0.3) is 0 Å². The van der Waals surface area contributed by atoms with Gasteiger partial charge >= 0.3 is 6.03 Å². The topological polar surface area (TPSA) is 61.4 Å². The summed E-state index contributed by atoms with van der Waals surface area (Å²) in [5.41, 5.74) is 1.92. The van der Waals surface area contributed by atoms with E-state index in [1.807, 2.05) is 49.4 Å². The van der Waals surface area contributed by atoms with Gasteiger partial charge in [0.15, 0.2) is 0 Å². The summed E-state index contributed by atoms with van der Waals surface area (Å²) in [6.45, 7) is 1.98. The zero-order valence-corrected chi connectivity index (χ0v) is 12.0. The van der Waals surface area contributed by atoms with Crippen molar-refractivity contribution in [1.29, 1.82) is 0 Å². The van der Waals surface area contributed by atoms with Crippen LogP contribution < -0.4 is 10.6 Å². The molecule has 110 valence electrons. The molecule has 0 fully saturated rings. The molecule has 0 aromatic heterocycles. The molecule has 0 spiro atoms. The Morgan fingerprint density at radius 1 is 1.10 bits per heavy atom. The average Bonchev–Trinajstić information content (AvgIpc) is 2.47. The number of hydrogen-bond donors (Lipinski definition) is 3. The molecule has 0 aliphatic rings. The fourth-order valence-corrected chi connectivity index (χ4v) is 2.03. The van der Waals surface area contributed by atoms with Gasteiger partial charge in [-0.3, -0.25) is 0 Å². The highest BCUT2D eigenvalue weighted by Crippen LogP contribution is 2.12. The molecule has 1 atom stereocenters. The largest absolute Gasteiger partial charge is 0.508 e. The number of rotatable bonds is 5. The molecule has 2 aromatic carbocycles. The SMILES string of the molecule is C[C@@H](CCc1ccc(O)cc1)NC(=O)Nc1ccccc1. The van der Waals surface area contributed by atoms with Crippen LogP contribution in [0, 0.1) is 0 Å². The second kappa shape index (κ2) is 7.33. The number of anilines is 1. The van der Waals surface area contributed by atoms with Gasteiger partial charge in [0.05, 0.1) is 0 Å². The Hall–Kier alpha value is -2.49. The number of amides is 2. The predicted octanol–water partition coefficient (Wildman–Crippen LogP) is 3.54. The molecule has 4 heteroatoms. The van der Waals surface area contributed by atoms with Gasteiger partial charge in [0, 0.05) is 11.7 Å². The van der Waals surface area contributed by atoms with Gasteiger partial charge in [0.2, 0.25) is 0 Å². The van der Waals surface area contributed by atoms with Gasteiger partial charge in [-0.1, -0.05) is 30.3 Å². The van der Waals surface area contributed by atoms with E-state index in [2.05, 4.69) is 10.6 Å². The first kappa shape index (κ1) is 14.9. The number of urea groups is 1. The lowest BCUT2D eigenvalue weighted by Gasteiger charge is -2.14. The maximum absolute atomic E-state index is 11.8. The first-order chi connectivity index (χ1) is 10.1. The van der Waals surface area contributed by atoms with Crippen molar-refractivity contribution in [3.8, 4) is 5.75 Å². The van der Waals surface area contributed by atoms with Gasteiger partial charge in [-0.05, 0) is 49.6 Å². The Morgan fingerprint density at radius 2 is 1.76 bits per heavy atom. The molecule has 2 amide bonds. The quantitative estimate of drug-likeness (QED) is 0.786. The molecule has 0 radical (unpaired) electrons. The summed E-state index contributed by atoms with van der Waals surface area (Å²) in [5, 5.41) is 14.9. The van der Waals surface area contributed by atoms with Crippen LogP contribution in [0.15, 0.2) is 54.6 Å². The Kier molecular flexibility index (Phi) is 5.21. The number of phenolic OH excluding ortho intramolecular Hbond substituents is 1. The lowest BCUT2D eigenvalue weighted by molar-refractivity contribution is 0.248. The fourth-order valence-electron chi connectivity index (χ4n) is 2.03. The number of aryl methyl sites for hydroxylation is 1. The van der Waals surface area contributed by atoms with Gasteiger partial charge in [-0.2, -0.15) is 0 Å². The van der Waals surface area contributed by atoms with Crippen molar-refractivity contribution in [2.75, 3.05) is 5.32 Å². The molecule has 4 nitrogen and oxygen atoms in total. The molecule has 2 aromatic rings. The number of para-hydroxylation sites is 1. The number of phenols is 1. The highest BCUT2D eigenvalue weighted by molar-refractivity contribution is 5.89. The number of carbonyl (C=O) groups is 1. The van der Waals surface area contributed by atoms with E-state index in [9.17, 15) is 9.90 Å². The molecule has 2 rings (SSSR count). The van der Waals surface area contributed by atoms with Crippen LogP contribution in [0.25, 0.3) is 0 Å². The van der Waals surface area contributed by atoms with Gasteiger partial charge in [-0.15, -0.1) is 0 Å². The molecule has 21 heavy (non-hydrogen) atoms. The molecular weight excluding hydrogens is 264 g/mol. The number of hydrogen-bond acceptors (Lipinski definition) is 2. The normalized spacial score (nSPS) is 11.7. The highest BCUT2D eigenvalue weighted by Gasteiger charge is 2.07. The van der Waals surface area contributed by atoms with E-state index in [0.29, 0.717) is 0 Å². The number of carbonyl (C=O) groups excluding carboxylic acids is 1. The summed E-state index contributed by atoms with van der Waals surface area (Å²) in [5.74, 6) is 0.271. The van der Waals surface area contributed by atoms with Crippen molar-refractivity contribution in [2.24, 2.45) is 0 Å². The molecule has 0 heterocycles. The van der Waals surface area contributed by atoms with Crippen LogP contribution in [0.5, 0.6) is 5.75 Å². The summed E-state index contributed by atoms with van der Waals surface area (Å²) >= 11 is 0. The lowest BCUT2D eigenvalue weighted by atomic mass is 10.1. The maximum Gasteiger partial charge on any atom is 0.319 e. The van der Waals surface area contributed by atoms with E-state index in [1.165, 1.54) is 0 Å². The summed E-state index contributed by atoms with van der Waals surface area (Å²) in [4.78, 5) is 11.8. The fraction of sp³-hybridized carbons (Fsp3) is 0.235. The minimum absolute atomic E-state index is 0.0718. The summed E-state index contributed by atoms with van der Waals surface area (Å²) in [6.07, 6.45) is 1.69. The van der Waals surface area contributed by atoms with E-state index in [4.69, 9.17) is 0 Å².